The maximum atomic E-state index is 11.6. The minimum absolute atomic E-state index is 0.233. The second-order valence-electron chi connectivity index (χ2n) is 3.85. The molecule has 2 heterocycles. The molecule has 0 radical (unpaired) electrons. The van der Waals surface area contributed by atoms with Crippen molar-refractivity contribution in [3.63, 3.8) is 0 Å². The average Bonchev–Trinajstić information content (AvgIpc) is 2.79. The number of hydrogen-bond acceptors (Lipinski definition) is 4. The Labute approximate surface area is 109 Å². The predicted molar refractivity (Wildman–Crippen MR) is 72.6 cm³/mol. The van der Waals surface area contributed by atoms with Crippen molar-refractivity contribution in [2.45, 2.75) is 13.5 Å². The Bertz CT molecular complexity index is 661. The van der Waals surface area contributed by atoms with Crippen molar-refractivity contribution in [2.24, 2.45) is 5.73 Å². The first kappa shape index (κ1) is 12.6. The molecule has 0 aliphatic heterocycles. The van der Waals surface area contributed by atoms with Crippen molar-refractivity contribution in [3.05, 3.63) is 50.3 Å². The van der Waals surface area contributed by atoms with Gasteiger partial charge in [-0.2, -0.15) is 0 Å². The minimum Gasteiger partial charge on any atom is -0.320 e. The van der Waals surface area contributed by atoms with E-state index in [2.05, 4.69) is 16.8 Å². The van der Waals surface area contributed by atoms with Gasteiger partial charge in [-0.1, -0.05) is 11.8 Å². The number of aryl methyl sites for hydroxylation is 1. The fourth-order valence-electron chi connectivity index (χ4n) is 1.53. The van der Waals surface area contributed by atoms with E-state index < -0.39 is 0 Å². The van der Waals surface area contributed by atoms with Crippen LogP contribution in [0.3, 0.4) is 0 Å². The standard InChI is InChI=1S/C13H13N3OS/c1-10-6-15-13(17)16(7-10)8-12-5-11(9-18-12)3-2-4-14/h5-7,9H,4,8,14H2,1H3. The molecule has 0 spiro atoms. The van der Waals surface area contributed by atoms with Crippen LogP contribution in [0.1, 0.15) is 16.0 Å². The van der Waals surface area contributed by atoms with E-state index in [1.54, 1.807) is 28.3 Å². The van der Waals surface area contributed by atoms with E-state index in [-0.39, 0.29) is 5.69 Å². The first-order chi connectivity index (χ1) is 8.69. The molecule has 0 saturated heterocycles. The van der Waals surface area contributed by atoms with Crippen LogP contribution in [0, 0.1) is 18.8 Å². The van der Waals surface area contributed by atoms with E-state index in [0.29, 0.717) is 13.1 Å². The Morgan fingerprint density at radius 1 is 1.56 bits per heavy atom. The van der Waals surface area contributed by atoms with Gasteiger partial charge in [-0.3, -0.25) is 4.57 Å². The highest BCUT2D eigenvalue weighted by atomic mass is 32.1. The molecule has 5 heteroatoms. The highest BCUT2D eigenvalue weighted by Gasteiger charge is 2.02. The fourth-order valence-corrected chi connectivity index (χ4v) is 2.34. The highest BCUT2D eigenvalue weighted by molar-refractivity contribution is 7.10. The van der Waals surface area contributed by atoms with E-state index in [9.17, 15) is 4.79 Å². The third kappa shape index (κ3) is 3.06. The third-order valence-corrected chi connectivity index (χ3v) is 3.22. The quantitative estimate of drug-likeness (QED) is 0.818. The average molecular weight is 259 g/mol. The van der Waals surface area contributed by atoms with Crippen LogP contribution in [0.2, 0.25) is 0 Å². The van der Waals surface area contributed by atoms with Gasteiger partial charge in [0.1, 0.15) is 0 Å². The summed E-state index contributed by atoms with van der Waals surface area (Å²) in [5.41, 5.74) is 6.99. The molecule has 92 valence electrons. The van der Waals surface area contributed by atoms with E-state index in [1.807, 2.05) is 18.4 Å². The summed E-state index contributed by atoms with van der Waals surface area (Å²) in [5.74, 6) is 5.77. The van der Waals surface area contributed by atoms with Crippen LogP contribution in [-0.4, -0.2) is 16.1 Å². The zero-order valence-electron chi connectivity index (χ0n) is 10.0. The predicted octanol–water partition coefficient (Wildman–Crippen LogP) is 0.972. The van der Waals surface area contributed by atoms with Crippen LogP contribution in [0.4, 0.5) is 0 Å². The van der Waals surface area contributed by atoms with Gasteiger partial charge in [0.15, 0.2) is 0 Å². The second kappa shape index (κ2) is 5.63. The SMILES string of the molecule is Cc1cnc(=O)n(Cc2cc(C#CCN)cs2)c1. The maximum Gasteiger partial charge on any atom is 0.347 e. The molecule has 0 bridgehead atoms. The Balaban J connectivity index is 2.21. The molecule has 0 saturated carbocycles. The molecule has 0 aliphatic rings. The summed E-state index contributed by atoms with van der Waals surface area (Å²) >= 11 is 1.58. The molecular formula is C13H13N3OS. The second-order valence-corrected chi connectivity index (χ2v) is 4.85. The molecule has 0 unspecified atom stereocenters. The first-order valence-corrected chi connectivity index (χ1v) is 6.36. The number of nitrogens with zero attached hydrogens (tertiary/aromatic N) is 2. The smallest absolute Gasteiger partial charge is 0.320 e. The van der Waals surface area contributed by atoms with E-state index >= 15 is 0 Å². The molecule has 0 fully saturated rings. The van der Waals surface area contributed by atoms with Crippen molar-refractivity contribution < 1.29 is 0 Å². The van der Waals surface area contributed by atoms with Gasteiger partial charge in [0.05, 0.1) is 13.1 Å². The first-order valence-electron chi connectivity index (χ1n) is 5.48. The van der Waals surface area contributed by atoms with Crippen molar-refractivity contribution in [1.29, 1.82) is 0 Å². The molecule has 0 aliphatic carbocycles. The Morgan fingerprint density at radius 2 is 2.39 bits per heavy atom. The number of rotatable bonds is 2. The summed E-state index contributed by atoms with van der Waals surface area (Å²) in [6, 6.07) is 1.97. The van der Waals surface area contributed by atoms with Gasteiger partial charge in [0, 0.05) is 28.2 Å². The molecule has 2 N–H and O–H groups in total. The van der Waals surface area contributed by atoms with Crippen molar-refractivity contribution in [3.8, 4) is 11.8 Å². The van der Waals surface area contributed by atoms with Crippen LogP contribution < -0.4 is 11.4 Å². The Hall–Kier alpha value is -1.90. The summed E-state index contributed by atoms with van der Waals surface area (Å²) < 4.78 is 1.60. The van der Waals surface area contributed by atoms with Crippen LogP contribution in [-0.2, 0) is 6.54 Å². The van der Waals surface area contributed by atoms with E-state index in [1.165, 1.54) is 0 Å². The lowest BCUT2D eigenvalue weighted by Gasteiger charge is -2.02. The molecule has 18 heavy (non-hydrogen) atoms. The van der Waals surface area contributed by atoms with Crippen molar-refractivity contribution in [1.82, 2.24) is 9.55 Å². The van der Waals surface area contributed by atoms with Gasteiger partial charge in [-0.05, 0) is 18.6 Å². The summed E-state index contributed by atoms with van der Waals surface area (Å²) in [7, 11) is 0. The Kier molecular flexibility index (Phi) is 3.92. The number of hydrogen-bond donors (Lipinski definition) is 1. The number of aromatic nitrogens is 2. The third-order valence-electron chi connectivity index (χ3n) is 2.30. The Morgan fingerprint density at radius 3 is 3.17 bits per heavy atom. The summed E-state index contributed by atoms with van der Waals surface area (Å²) in [6.07, 6.45) is 3.38. The van der Waals surface area contributed by atoms with Gasteiger partial charge >= 0.3 is 5.69 Å². The van der Waals surface area contributed by atoms with Crippen molar-refractivity contribution in [2.75, 3.05) is 6.54 Å². The van der Waals surface area contributed by atoms with Crippen LogP contribution >= 0.6 is 11.3 Å². The molecule has 0 atom stereocenters. The van der Waals surface area contributed by atoms with Gasteiger partial charge in [0.25, 0.3) is 0 Å². The summed E-state index contributed by atoms with van der Waals surface area (Å²) in [5, 5.41) is 1.96. The number of thiophene rings is 1. The number of nitrogens with two attached hydrogens (primary N) is 1. The lowest BCUT2D eigenvalue weighted by atomic mass is 10.3. The van der Waals surface area contributed by atoms with Crippen LogP contribution in [0.5, 0.6) is 0 Å². The lowest BCUT2D eigenvalue weighted by Crippen LogP contribution is -2.22. The van der Waals surface area contributed by atoms with E-state index in [0.717, 1.165) is 16.0 Å². The monoisotopic (exact) mass is 259 g/mol. The normalized spacial score (nSPS) is 9.89. The molecule has 2 rings (SSSR count). The van der Waals surface area contributed by atoms with Crippen LogP contribution in [0.15, 0.2) is 28.6 Å². The minimum atomic E-state index is -0.233. The summed E-state index contributed by atoms with van der Waals surface area (Å²) in [6.45, 7) is 2.80. The maximum absolute atomic E-state index is 11.6. The lowest BCUT2D eigenvalue weighted by molar-refractivity contribution is 0.729. The molecule has 2 aromatic rings. The van der Waals surface area contributed by atoms with Crippen molar-refractivity contribution >= 4 is 11.3 Å². The topological polar surface area (TPSA) is 60.9 Å². The van der Waals surface area contributed by atoms with Crippen LogP contribution in [0.25, 0.3) is 0 Å². The molecular weight excluding hydrogens is 246 g/mol. The van der Waals surface area contributed by atoms with Gasteiger partial charge in [-0.15, -0.1) is 11.3 Å². The zero-order chi connectivity index (χ0) is 13.0. The van der Waals surface area contributed by atoms with Gasteiger partial charge < -0.3 is 5.73 Å². The molecule has 0 amide bonds. The van der Waals surface area contributed by atoms with E-state index in [4.69, 9.17) is 5.73 Å². The van der Waals surface area contributed by atoms with Gasteiger partial charge in [-0.25, -0.2) is 9.78 Å². The highest BCUT2D eigenvalue weighted by Crippen LogP contribution is 2.14. The zero-order valence-corrected chi connectivity index (χ0v) is 10.8. The fraction of sp³-hybridized carbons (Fsp3) is 0.231. The molecule has 0 aromatic carbocycles. The largest absolute Gasteiger partial charge is 0.347 e. The molecule has 4 nitrogen and oxygen atoms in total. The van der Waals surface area contributed by atoms with Gasteiger partial charge in [0.2, 0.25) is 0 Å². The summed E-state index contributed by atoms with van der Waals surface area (Å²) in [4.78, 5) is 16.4. The molecule has 2 aromatic heterocycles.